The van der Waals surface area contributed by atoms with Crippen LogP contribution in [0.25, 0.3) is 0 Å². The SMILES string of the molecule is COCC(OC)c1ccccc1C1(CN)CC1. The van der Waals surface area contributed by atoms with Gasteiger partial charge in [-0.15, -0.1) is 0 Å². The minimum absolute atomic E-state index is 0.000208. The van der Waals surface area contributed by atoms with Gasteiger partial charge in [-0.25, -0.2) is 0 Å². The third-order valence-electron chi connectivity index (χ3n) is 3.73. The van der Waals surface area contributed by atoms with Gasteiger partial charge in [0.15, 0.2) is 0 Å². The van der Waals surface area contributed by atoms with E-state index in [9.17, 15) is 0 Å². The number of nitrogens with two attached hydrogens (primary N) is 1. The van der Waals surface area contributed by atoms with E-state index in [4.69, 9.17) is 15.2 Å². The maximum absolute atomic E-state index is 5.91. The van der Waals surface area contributed by atoms with Crippen molar-refractivity contribution in [3.63, 3.8) is 0 Å². The number of hydrogen-bond acceptors (Lipinski definition) is 3. The lowest BCUT2D eigenvalue weighted by molar-refractivity contribution is 0.0267. The lowest BCUT2D eigenvalue weighted by atomic mass is 9.89. The molecule has 2 N–H and O–H groups in total. The number of benzene rings is 1. The van der Waals surface area contributed by atoms with Crippen LogP contribution in [-0.4, -0.2) is 27.4 Å². The Kier molecular flexibility index (Phi) is 3.82. The van der Waals surface area contributed by atoms with Crippen molar-refractivity contribution in [1.29, 1.82) is 0 Å². The molecular formula is C14H21NO2. The van der Waals surface area contributed by atoms with Gasteiger partial charge in [-0.3, -0.25) is 0 Å². The van der Waals surface area contributed by atoms with E-state index in [0.29, 0.717) is 13.2 Å². The maximum atomic E-state index is 5.91. The average Bonchev–Trinajstić information content (AvgIpc) is 3.17. The van der Waals surface area contributed by atoms with Crippen LogP contribution in [0.4, 0.5) is 0 Å². The summed E-state index contributed by atoms with van der Waals surface area (Å²) in [5.74, 6) is 0. The number of ether oxygens (including phenoxy) is 2. The predicted molar refractivity (Wildman–Crippen MR) is 68.0 cm³/mol. The Morgan fingerprint density at radius 1 is 1.29 bits per heavy atom. The molecule has 1 aromatic rings. The zero-order valence-corrected chi connectivity index (χ0v) is 10.6. The van der Waals surface area contributed by atoms with Crippen molar-refractivity contribution in [2.24, 2.45) is 5.73 Å². The Morgan fingerprint density at radius 3 is 2.53 bits per heavy atom. The molecule has 1 aromatic carbocycles. The van der Waals surface area contributed by atoms with Crippen LogP contribution in [0.1, 0.15) is 30.1 Å². The van der Waals surface area contributed by atoms with Gasteiger partial charge in [0.05, 0.1) is 6.61 Å². The van der Waals surface area contributed by atoms with E-state index < -0.39 is 0 Å². The molecule has 1 fully saturated rings. The standard InChI is InChI=1S/C14H21NO2/c1-16-9-13(17-2)11-5-3-4-6-12(11)14(10-15)7-8-14/h3-6,13H,7-10,15H2,1-2H3. The normalized spacial score (nSPS) is 19.0. The molecule has 2 rings (SSSR count). The fourth-order valence-corrected chi connectivity index (χ4v) is 2.43. The van der Waals surface area contributed by atoms with E-state index in [2.05, 4.69) is 18.2 Å². The Hall–Kier alpha value is -0.900. The highest BCUT2D eigenvalue weighted by atomic mass is 16.5. The topological polar surface area (TPSA) is 44.5 Å². The smallest absolute Gasteiger partial charge is 0.106 e. The molecule has 17 heavy (non-hydrogen) atoms. The van der Waals surface area contributed by atoms with Crippen molar-refractivity contribution in [3.8, 4) is 0 Å². The molecule has 0 aromatic heterocycles. The van der Waals surface area contributed by atoms with Crippen LogP contribution in [0.15, 0.2) is 24.3 Å². The Labute approximate surface area is 103 Å². The lowest BCUT2D eigenvalue weighted by Crippen LogP contribution is -2.23. The second-order valence-corrected chi connectivity index (χ2v) is 4.75. The van der Waals surface area contributed by atoms with Gasteiger partial charge in [0.2, 0.25) is 0 Å². The van der Waals surface area contributed by atoms with Crippen molar-refractivity contribution >= 4 is 0 Å². The summed E-state index contributed by atoms with van der Waals surface area (Å²) in [6, 6.07) is 8.43. The van der Waals surface area contributed by atoms with Gasteiger partial charge in [-0.05, 0) is 24.0 Å². The molecule has 0 saturated heterocycles. The molecule has 1 aliphatic rings. The van der Waals surface area contributed by atoms with E-state index in [-0.39, 0.29) is 11.5 Å². The van der Waals surface area contributed by atoms with Crippen LogP contribution in [0.2, 0.25) is 0 Å². The van der Waals surface area contributed by atoms with Gasteiger partial charge in [0.25, 0.3) is 0 Å². The van der Waals surface area contributed by atoms with E-state index in [1.807, 2.05) is 6.07 Å². The van der Waals surface area contributed by atoms with Crippen LogP contribution in [0.5, 0.6) is 0 Å². The molecular weight excluding hydrogens is 214 g/mol. The molecule has 1 unspecified atom stereocenters. The predicted octanol–water partition coefficient (Wildman–Crippen LogP) is 2.01. The van der Waals surface area contributed by atoms with Gasteiger partial charge < -0.3 is 15.2 Å². The van der Waals surface area contributed by atoms with Crippen molar-refractivity contribution in [2.45, 2.75) is 24.4 Å². The second-order valence-electron chi connectivity index (χ2n) is 4.75. The summed E-state index contributed by atoms with van der Waals surface area (Å²) in [5, 5.41) is 0. The first-order chi connectivity index (χ1) is 8.27. The quantitative estimate of drug-likeness (QED) is 0.820. The van der Waals surface area contributed by atoms with E-state index >= 15 is 0 Å². The maximum Gasteiger partial charge on any atom is 0.106 e. The summed E-state index contributed by atoms with van der Waals surface area (Å²) in [4.78, 5) is 0. The van der Waals surface area contributed by atoms with Gasteiger partial charge in [-0.1, -0.05) is 24.3 Å². The zero-order chi connectivity index (χ0) is 12.3. The first-order valence-electron chi connectivity index (χ1n) is 6.08. The van der Waals surface area contributed by atoms with Crippen molar-refractivity contribution < 1.29 is 9.47 Å². The summed E-state index contributed by atoms with van der Waals surface area (Å²) in [6.07, 6.45) is 2.37. The molecule has 0 heterocycles. The zero-order valence-electron chi connectivity index (χ0n) is 10.6. The van der Waals surface area contributed by atoms with Crippen LogP contribution < -0.4 is 5.73 Å². The molecule has 1 atom stereocenters. The highest BCUT2D eigenvalue weighted by Gasteiger charge is 2.44. The Morgan fingerprint density at radius 2 is 2.00 bits per heavy atom. The van der Waals surface area contributed by atoms with Gasteiger partial charge in [0.1, 0.15) is 6.10 Å². The molecule has 0 spiro atoms. The lowest BCUT2D eigenvalue weighted by Gasteiger charge is -2.23. The molecule has 1 aliphatic carbocycles. The summed E-state index contributed by atoms with van der Waals surface area (Å²) < 4.78 is 10.7. The Bertz CT molecular complexity index is 374. The fourth-order valence-electron chi connectivity index (χ4n) is 2.43. The average molecular weight is 235 g/mol. The third-order valence-corrected chi connectivity index (χ3v) is 3.73. The minimum atomic E-state index is 0.000208. The Balaban J connectivity index is 2.33. The molecule has 3 heteroatoms. The minimum Gasteiger partial charge on any atom is -0.382 e. The molecule has 0 bridgehead atoms. The molecule has 0 aliphatic heterocycles. The van der Waals surface area contributed by atoms with Crippen molar-refractivity contribution in [2.75, 3.05) is 27.4 Å². The largest absolute Gasteiger partial charge is 0.382 e. The van der Waals surface area contributed by atoms with Crippen LogP contribution >= 0.6 is 0 Å². The third kappa shape index (κ3) is 2.37. The summed E-state index contributed by atoms with van der Waals surface area (Å²) in [7, 11) is 3.42. The second kappa shape index (κ2) is 5.17. The number of rotatable bonds is 6. The van der Waals surface area contributed by atoms with Gasteiger partial charge >= 0.3 is 0 Å². The van der Waals surface area contributed by atoms with E-state index in [1.54, 1.807) is 14.2 Å². The molecule has 94 valence electrons. The van der Waals surface area contributed by atoms with Crippen molar-refractivity contribution in [3.05, 3.63) is 35.4 Å². The number of hydrogen-bond donors (Lipinski definition) is 1. The molecule has 0 amide bonds. The summed E-state index contributed by atoms with van der Waals surface area (Å²) >= 11 is 0. The summed E-state index contributed by atoms with van der Waals surface area (Å²) in [6.45, 7) is 1.29. The van der Waals surface area contributed by atoms with Crippen LogP contribution in [-0.2, 0) is 14.9 Å². The molecule has 3 nitrogen and oxygen atoms in total. The van der Waals surface area contributed by atoms with Crippen LogP contribution in [0.3, 0.4) is 0 Å². The van der Waals surface area contributed by atoms with E-state index in [1.165, 1.54) is 24.0 Å². The van der Waals surface area contributed by atoms with Crippen LogP contribution in [0, 0.1) is 0 Å². The highest BCUT2D eigenvalue weighted by molar-refractivity contribution is 5.40. The first kappa shape index (κ1) is 12.6. The number of methoxy groups -OCH3 is 2. The highest BCUT2D eigenvalue weighted by Crippen LogP contribution is 2.49. The first-order valence-corrected chi connectivity index (χ1v) is 6.08. The van der Waals surface area contributed by atoms with Gasteiger partial charge in [0, 0.05) is 26.2 Å². The molecule has 0 radical (unpaired) electrons. The fraction of sp³-hybridized carbons (Fsp3) is 0.571. The summed E-state index contributed by atoms with van der Waals surface area (Å²) in [5.41, 5.74) is 8.67. The van der Waals surface area contributed by atoms with Crippen molar-refractivity contribution in [1.82, 2.24) is 0 Å². The van der Waals surface area contributed by atoms with E-state index in [0.717, 1.165) is 0 Å². The monoisotopic (exact) mass is 235 g/mol. The molecule has 1 saturated carbocycles. The van der Waals surface area contributed by atoms with Gasteiger partial charge in [-0.2, -0.15) is 0 Å².